The molecule has 0 spiro atoms. The number of rotatable bonds is 5. The fourth-order valence-corrected chi connectivity index (χ4v) is 2.29. The first-order valence-corrected chi connectivity index (χ1v) is 7.68. The van der Waals surface area contributed by atoms with E-state index in [0.29, 0.717) is 16.5 Å². The van der Waals surface area contributed by atoms with Crippen molar-refractivity contribution in [3.63, 3.8) is 0 Å². The maximum Gasteiger partial charge on any atom is 0.277 e. The molecule has 3 aromatic rings. The number of halogens is 1. The van der Waals surface area contributed by atoms with Crippen molar-refractivity contribution in [1.82, 2.24) is 20.3 Å². The minimum absolute atomic E-state index is 0.190. The van der Waals surface area contributed by atoms with Gasteiger partial charge in [0.2, 0.25) is 5.91 Å². The summed E-state index contributed by atoms with van der Waals surface area (Å²) >= 11 is 0. The van der Waals surface area contributed by atoms with E-state index in [9.17, 15) is 14.0 Å². The lowest BCUT2D eigenvalue weighted by molar-refractivity contribution is -0.116. The van der Waals surface area contributed by atoms with Crippen LogP contribution >= 0.6 is 0 Å². The molecule has 0 radical (unpaired) electrons. The van der Waals surface area contributed by atoms with Gasteiger partial charge in [-0.15, -0.1) is 5.10 Å². The van der Waals surface area contributed by atoms with Crippen molar-refractivity contribution in [2.45, 2.75) is 6.54 Å². The van der Waals surface area contributed by atoms with Crippen LogP contribution in [0.5, 0.6) is 0 Å². The molecular weight excluding hydrogens is 323 g/mol. The Morgan fingerprint density at radius 3 is 2.76 bits per heavy atom. The number of nitrogens with one attached hydrogen (secondary N) is 1. The van der Waals surface area contributed by atoms with Crippen LogP contribution in [-0.2, 0) is 11.3 Å². The topological polar surface area (TPSA) is 76.9 Å². The molecule has 25 heavy (non-hydrogen) atoms. The highest BCUT2D eigenvalue weighted by Crippen LogP contribution is 2.07. The molecule has 1 aromatic heterocycles. The molecule has 1 heterocycles. The molecule has 6 nitrogen and oxygen atoms in total. The summed E-state index contributed by atoms with van der Waals surface area (Å²) in [6.45, 7) is 0.392. The number of amides is 1. The van der Waals surface area contributed by atoms with Crippen molar-refractivity contribution in [2.24, 2.45) is 0 Å². The van der Waals surface area contributed by atoms with E-state index in [2.05, 4.69) is 15.6 Å². The summed E-state index contributed by atoms with van der Waals surface area (Å²) in [7, 11) is 0. The van der Waals surface area contributed by atoms with E-state index in [1.165, 1.54) is 22.9 Å². The maximum atomic E-state index is 13.4. The molecule has 0 bridgehead atoms. The molecule has 0 aliphatic rings. The fourth-order valence-electron chi connectivity index (χ4n) is 2.29. The molecule has 0 unspecified atom stereocenters. The Kier molecular flexibility index (Phi) is 4.94. The number of benzene rings is 2. The van der Waals surface area contributed by atoms with Crippen LogP contribution in [0.2, 0.25) is 0 Å². The standard InChI is InChI=1S/C18H15FN4O2/c19-15-7-3-1-5-13(15)9-10-17(24)20-11-12-23-18(25)14-6-2-4-8-16(14)21-22-23/h1-10H,11-12H2,(H,20,24)/b10-9-. The quantitative estimate of drug-likeness (QED) is 0.719. The van der Waals surface area contributed by atoms with Crippen LogP contribution in [0.15, 0.2) is 59.4 Å². The summed E-state index contributed by atoms with van der Waals surface area (Å²) in [4.78, 5) is 24.0. The molecular formula is C18H15FN4O2. The van der Waals surface area contributed by atoms with Crippen LogP contribution in [0.1, 0.15) is 5.56 Å². The lowest BCUT2D eigenvalue weighted by Gasteiger charge is -2.05. The molecule has 0 saturated heterocycles. The monoisotopic (exact) mass is 338 g/mol. The lowest BCUT2D eigenvalue weighted by atomic mass is 10.2. The largest absolute Gasteiger partial charge is 0.351 e. The maximum absolute atomic E-state index is 13.4. The molecule has 0 aliphatic heterocycles. The van der Waals surface area contributed by atoms with Gasteiger partial charge in [-0.1, -0.05) is 35.5 Å². The average molecular weight is 338 g/mol. The van der Waals surface area contributed by atoms with Crippen LogP contribution in [0.3, 0.4) is 0 Å². The smallest absolute Gasteiger partial charge is 0.277 e. The SMILES string of the molecule is O=C(/C=C\c1ccccc1F)NCCn1nnc2ccccc2c1=O. The van der Waals surface area contributed by atoms with Crippen LogP contribution in [0.4, 0.5) is 4.39 Å². The number of hydrogen-bond donors (Lipinski definition) is 1. The van der Waals surface area contributed by atoms with E-state index in [1.54, 1.807) is 42.5 Å². The Morgan fingerprint density at radius 1 is 1.16 bits per heavy atom. The van der Waals surface area contributed by atoms with Crippen molar-refractivity contribution < 1.29 is 9.18 Å². The van der Waals surface area contributed by atoms with E-state index >= 15 is 0 Å². The minimum Gasteiger partial charge on any atom is -0.351 e. The van der Waals surface area contributed by atoms with Crippen LogP contribution in [0, 0.1) is 5.82 Å². The molecule has 3 rings (SSSR count). The summed E-state index contributed by atoms with van der Waals surface area (Å²) in [6, 6.07) is 13.1. The van der Waals surface area contributed by atoms with E-state index in [0.717, 1.165) is 0 Å². The minimum atomic E-state index is -0.399. The normalized spacial score (nSPS) is 11.1. The van der Waals surface area contributed by atoms with Gasteiger partial charge in [0.25, 0.3) is 5.56 Å². The molecule has 2 aromatic carbocycles. The third kappa shape index (κ3) is 3.95. The van der Waals surface area contributed by atoms with Gasteiger partial charge in [-0.05, 0) is 24.3 Å². The zero-order valence-corrected chi connectivity index (χ0v) is 13.2. The molecule has 7 heteroatoms. The number of nitrogens with zero attached hydrogens (tertiary/aromatic N) is 3. The lowest BCUT2D eigenvalue weighted by Crippen LogP contribution is -2.31. The number of carbonyl (C=O) groups is 1. The second kappa shape index (κ2) is 7.48. The molecule has 1 N–H and O–H groups in total. The summed E-state index contributed by atoms with van der Waals surface area (Å²) < 4.78 is 14.6. The third-order valence-electron chi connectivity index (χ3n) is 3.57. The number of carbonyl (C=O) groups excluding carboxylic acids is 1. The van der Waals surface area contributed by atoms with Gasteiger partial charge in [-0.3, -0.25) is 9.59 Å². The molecule has 0 fully saturated rings. The van der Waals surface area contributed by atoms with Gasteiger partial charge >= 0.3 is 0 Å². The number of fused-ring (bicyclic) bond motifs is 1. The molecule has 126 valence electrons. The fraction of sp³-hybridized carbons (Fsp3) is 0.111. The second-order valence-corrected chi connectivity index (χ2v) is 5.28. The van der Waals surface area contributed by atoms with Crippen LogP contribution in [0.25, 0.3) is 17.0 Å². The molecule has 0 atom stereocenters. The first-order chi connectivity index (χ1) is 12.1. The summed E-state index contributed by atoms with van der Waals surface area (Å²) in [5.74, 6) is -0.783. The summed E-state index contributed by atoms with van der Waals surface area (Å²) in [5.41, 5.74) is 0.594. The second-order valence-electron chi connectivity index (χ2n) is 5.28. The Balaban J connectivity index is 1.60. The van der Waals surface area contributed by atoms with E-state index in [1.807, 2.05) is 0 Å². The van der Waals surface area contributed by atoms with Crippen molar-refractivity contribution in [3.05, 3.63) is 76.3 Å². The highest BCUT2D eigenvalue weighted by Gasteiger charge is 2.05. The van der Waals surface area contributed by atoms with Crippen molar-refractivity contribution in [3.8, 4) is 0 Å². The van der Waals surface area contributed by atoms with Crippen molar-refractivity contribution in [2.75, 3.05) is 6.54 Å². The summed E-state index contributed by atoms with van der Waals surface area (Å²) in [5, 5.41) is 10.9. The molecule has 1 amide bonds. The van der Waals surface area contributed by atoms with Crippen molar-refractivity contribution >= 4 is 22.9 Å². The van der Waals surface area contributed by atoms with E-state index in [4.69, 9.17) is 0 Å². The number of hydrogen-bond acceptors (Lipinski definition) is 4. The van der Waals surface area contributed by atoms with Gasteiger partial charge in [-0.25, -0.2) is 9.07 Å². The van der Waals surface area contributed by atoms with E-state index < -0.39 is 5.82 Å². The first kappa shape index (κ1) is 16.5. The Morgan fingerprint density at radius 2 is 1.92 bits per heavy atom. The Hall–Kier alpha value is -3.35. The van der Waals surface area contributed by atoms with Gasteiger partial charge in [0.05, 0.1) is 11.9 Å². The Bertz CT molecular complexity index is 998. The first-order valence-electron chi connectivity index (χ1n) is 7.68. The zero-order chi connectivity index (χ0) is 17.6. The average Bonchev–Trinajstić information content (AvgIpc) is 2.63. The van der Waals surface area contributed by atoms with E-state index in [-0.39, 0.29) is 24.6 Å². The van der Waals surface area contributed by atoms with Gasteiger partial charge < -0.3 is 5.32 Å². The molecule has 0 aliphatic carbocycles. The van der Waals surface area contributed by atoms with Gasteiger partial charge in [-0.2, -0.15) is 0 Å². The summed E-state index contributed by atoms with van der Waals surface area (Å²) in [6.07, 6.45) is 2.64. The van der Waals surface area contributed by atoms with Crippen LogP contribution < -0.4 is 10.9 Å². The van der Waals surface area contributed by atoms with Crippen LogP contribution in [-0.4, -0.2) is 27.4 Å². The van der Waals surface area contributed by atoms with Gasteiger partial charge in [0, 0.05) is 18.2 Å². The number of aromatic nitrogens is 3. The predicted molar refractivity (Wildman–Crippen MR) is 92.2 cm³/mol. The Labute approximate surface area is 142 Å². The zero-order valence-electron chi connectivity index (χ0n) is 13.2. The highest BCUT2D eigenvalue weighted by atomic mass is 19.1. The van der Waals surface area contributed by atoms with Gasteiger partial charge in [0.15, 0.2) is 0 Å². The highest BCUT2D eigenvalue weighted by molar-refractivity contribution is 5.91. The van der Waals surface area contributed by atoms with Crippen molar-refractivity contribution in [1.29, 1.82) is 0 Å². The third-order valence-corrected chi connectivity index (χ3v) is 3.57. The predicted octanol–water partition coefficient (Wildman–Crippen LogP) is 1.76. The van der Waals surface area contributed by atoms with Gasteiger partial charge in [0.1, 0.15) is 11.3 Å². The molecule has 0 saturated carbocycles.